The van der Waals surface area contributed by atoms with Gasteiger partial charge in [0.25, 0.3) is 5.91 Å². The van der Waals surface area contributed by atoms with Crippen LogP contribution >= 0.6 is 0 Å². The van der Waals surface area contributed by atoms with Crippen molar-refractivity contribution in [3.8, 4) is 0 Å². The molecule has 3 aromatic rings. The third-order valence-corrected chi connectivity index (χ3v) is 8.16. The Bertz CT molecular complexity index is 1130. The fourth-order valence-corrected chi connectivity index (χ4v) is 6.72. The van der Waals surface area contributed by atoms with Crippen LogP contribution in [-0.4, -0.2) is 5.91 Å². The van der Waals surface area contributed by atoms with Gasteiger partial charge in [-0.15, -0.1) is 0 Å². The average molecular weight is 423 g/mol. The van der Waals surface area contributed by atoms with Gasteiger partial charge in [-0.3, -0.25) is 4.79 Å². The van der Waals surface area contributed by atoms with Crippen LogP contribution in [0, 0.1) is 17.8 Å². The van der Waals surface area contributed by atoms with Gasteiger partial charge in [-0.25, -0.2) is 0 Å². The van der Waals surface area contributed by atoms with Gasteiger partial charge in [-0.2, -0.15) is 0 Å². The minimum atomic E-state index is -0.0180. The molecule has 1 heterocycles. The summed E-state index contributed by atoms with van der Waals surface area (Å²) in [7, 11) is 0. The van der Waals surface area contributed by atoms with Crippen LogP contribution < -0.4 is 10.6 Å². The first-order valence-electron chi connectivity index (χ1n) is 12.0. The molecule has 2 fully saturated rings. The van der Waals surface area contributed by atoms with Crippen molar-refractivity contribution < 1.29 is 4.79 Å². The van der Waals surface area contributed by atoms with Crippen molar-refractivity contribution in [1.29, 1.82) is 0 Å². The maximum Gasteiger partial charge on any atom is 0.251 e. The van der Waals surface area contributed by atoms with E-state index in [-0.39, 0.29) is 11.9 Å². The second-order valence-corrected chi connectivity index (χ2v) is 9.88. The van der Waals surface area contributed by atoms with Crippen molar-refractivity contribution in [2.45, 2.75) is 44.2 Å². The molecule has 2 bridgehead atoms. The van der Waals surface area contributed by atoms with Crippen molar-refractivity contribution in [1.82, 2.24) is 5.32 Å². The van der Waals surface area contributed by atoms with Gasteiger partial charge in [-0.05, 0) is 84.7 Å². The molecule has 3 aliphatic rings. The number of carbonyl (C=O) groups excluding carboxylic acids is 1. The van der Waals surface area contributed by atoms with E-state index in [0.29, 0.717) is 17.9 Å². The molecular formula is C29H30N2O. The van der Waals surface area contributed by atoms with Crippen molar-refractivity contribution in [2.24, 2.45) is 17.8 Å². The lowest BCUT2D eigenvalue weighted by Gasteiger charge is -2.43. The van der Waals surface area contributed by atoms with E-state index in [9.17, 15) is 4.79 Å². The normalized spacial score (nSPS) is 28.3. The van der Waals surface area contributed by atoms with Crippen molar-refractivity contribution in [2.75, 3.05) is 5.32 Å². The topological polar surface area (TPSA) is 41.1 Å². The van der Waals surface area contributed by atoms with Gasteiger partial charge in [0.1, 0.15) is 0 Å². The van der Waals surface area contributed by atoms with Crippen LogP contribution in [0.15, 0.2) is 78.9 Å². The molecule has 0 spiro atoms. The fourth-order valence-electron chi connectivity index (χ4n) is 6.72. The van der Waals surface area contributed by atoms with Crippen LogP contribution in [0.5, 0.6) is 0 Å². The molecular weight excluding hydrogens is 392 g/mol. The highest BCUT2D eigenvalue weighted by Crippen LogP contribution is 2.63. The van der Waals surface area contributed by atoms with E-state index >= 15 is 0 Å². The zero-order valence-corrected chi connectivity index (χ0v) is 18.5. The van der Waals surface area contributed by atoms with Crippen LogP contribution in [0.2, 0.25) is 0 Å². The Hall–Kier alpha value is -3.07. The Morgan fingerprint density at radius 1 is 0.938 bits per heavy atom. The lowest BCUT2D eigenvalue weighted by Crippen LogP contribution is -2.36. The number of benzene rings is 3. The molecule has 2 saturated carbocycles. The summed E-state index contributed by atoms with van der Waals surface area (Å²) in [5, 5.41) is 7.06. The Labute approximate surface area is 190 Å². The minimum Gasteiger partial charge on any atom is -0.378 e. The lowest BCUT2D eigenvalue weighted by atomic mass is 9.68. The number of hydrogen-bond acceptors (Lipinski definition) is 2. The quantitative estimate of drug-likeness (QED) is 0.506. The molecule has 32 heavy (non-hydrogen) atoms. The molecule has 1 amide bonds. The summed E-state index contributed by atoms with van der Waals surface area (Å²) >= 11 is 0. The monoisotopic (exact) mass is 422 g/mol. The Balaban J connectivity index is 1.31. The van der Waals surface area contributed by atoms with E-state index in [1.165, 1.54) is 36.1 Å². The first-order chi connectivity index (χ1) is 15.7. The van der Waals surface area contributed by atoms with Crippen LogP contribution in [0.3, 0.4) is 0 Å². The number of carbonyl (C=O) groups is 1. The van der Waals surface area contributed by atoms with Gasteiger partial charge >= 0.3 is 0 Å². The summed E-state index contributed by atoms with van der Waals surface area (Å²) in [6.07, 6.45) is 4.01. The van der Waals surface area contributed by atoms with Gasteiger partial charge < -0.3 is 10.6 Å². The van der Waals surface area contributed by atoms with Crippen LogP contribution in [0.4, 0.5) is 5.69 Å². The van der Waals surface area contributed by atoms with Crippen LogP contribution in [0.25, 0.3) is 0 Å². The molecule has 6 atom stereocenters. The molecule has 0 aromatic heterocycles. The smallest absolute Gasteiger partial charge is 0.251 e. The third kappa shape index (κ3) is 3.23. The number of fused-ring (bicyclic) bond motifs is 7. The Morgan fingerprint density at radius 2 is 1.66 bits per heavy atom. The highest BCUT2D eigenvalue weighted by Gasteiger charge is 2.53. The first kappa shape index (κ1) is 19.6. The van der Waals surface area contributed by atoms with Crippen molar-refractivity contribution >= 4 is 11.6 Å². The fraction of sp³-hybridized carbons (Fsp3) is 0.345. The predicted molar refractivity (Wildman–Crippen MR) is 129 cm³/mol. The molecule has 0 saturated heterocycles. The standard InChI is InChI=1S/C29H30N2O/c1-18(19-8-4-2-5-9-19)30-29(32)23-14-15-25-24(17-23)26-21-12-13-22(16-21)27(26)28(31-25)20-10-6-3-7-11-20/h2-11,14-15,17-18,21-22,26-28,31H,12-13,16H2,1H3,(H,30,32)/t18-,21+,22+,26+,27-,28-/m0/s1. The highest BCUT2D eigenvalue weighted by molar-refractivity contribution is 5.95. The summed E-state index contributed by atoms with van der Waals surface area (Å²) in [5.41, 5.74) is 5.85. The first-order valence-corrected chi connectivity index (χ1v) is 12.0. The van der Waals surface area contributed by atoms with Gasteiger partial charge in [-0.1, -0.05) is 60.7 Å². The molecule has 2 aliphatic carbocycles. The Kier molecular flexibility index (Phi) is 4.78. The van der Waals surface area contributed by atoms with Crippen molar-refractivity contribution in [3.63, 3.8) is 0 Å². The molecule has 3 nitrogen and oxygen atoms in total. The molecule has 3 heteroatoms. The van der Waals surface area contributed by atoms with Crippen molar-refractivity contribution in [3.05, 3.63) is 101 Å². The van der Waals surface area contributed by atoms with Gasteiger partial charge in [0, 0.05) is 11.3 Å². The molecule has 3 aromatic carbocycles. The van der Waals surface area contributed by atoms with Gasteiger partial charge in [0.2, 0.25) is 0 Å². The van der Waals surface area contributed by atoms with E-state index in [1.54, 1.807) is 0 Å². The number of anilines is 1. The summed E-state index contributed by atoms with van der Waals surface area (Å²) < 4.78 is 0. The van der Waals surface area contributed by atoms with E-state index in [4.69, 9.17) is 0 Å². The Morgan fingerprint density at radius 3 is 2.44 bits per heavy atom. The molecule has 0 unspecified atom stereocenters. The van der Waals surface area contributed by atoms with Gasteiger partial charge in [0.15, 0.2) is 0 Å². The largest absolute Gasteiger partial charge is 0.378 e. The number of rotatable bonds is 4. The number of amides is 1. The summed E-state index contributed by atoms with van der Waals surface area (Å²) in [6.45, 7) is 2.05. The highest BCUT2D eigenvalue weighted by atomic mass is 16.1. The van der Waals surface area contributed by atoms with E-state index in [0.717, 1.165) is 23.0 Å². The second kappa shape index (κ2) is 7.81. The molecule has 1 aliphatic heterocycles. The lowest BCUT2D eigenvalue weighted by molar-refractivity contribution is 0.0939. The minimum absolute atomic E-state index is 0.00837. The summed E-state index contributed by atoms with van der Waals surface area (Å²) in [4.78, 5) is 13.1. The maximum absolute atomic E-state index is 13.1. The SMILES string of the molecule is C[C@H](NC(=O)c1ccc2c(c1)[C@H]1[C@@H]3CC[C@H](C3)[C@@H]1[C@H](c1ccccc1)N2)c1ccccc1. The summed E-state index contributed by atoms with van der Waals surface area (Å²) in [6, 6.07) is 27.7. The van der Waals surface area contributed by atoms with Gasteiger partial charge in [0.05, 0.1) is 12.1 Å². The second-order valence-electron chi connectivity index (χ2n) is 9.88. The molecule has 0 radical (unpaired) electrons. The predicted octanol–water partition coefficient (Wildman–Crippen LogP) is 6.47. The third-order valence-electron chi connectivity index (χ3n) is 8.16. The zero-order chi connectivity index (χ0) is 21.7. The molecule has 2 N–H and O–H groups in total. The summed E-state index contributed by atoms with van der Waals surface area (Å²) in [5.74, 6) is 2.71. The number of hydrogen-bond donors (Lipinski definition) is 2. The maximum atomic E-state index is 13.1. The van der Waals surface area contributed by atoms with Crippen LogP contribution in [-0.2, 0) is 0 Å². The van der Waals surface area contributed by atoms with E-state index < -0.39 is 0 Å². The number of nitrogens with one attached hydrogen (secondary N) is 2. The average Bonchev–Trinajstić information content (AvgIpc) is 3.47. The molecule has 162 valence electrons. The van der Waals surface area contributed by atoms with E-state index in [2.05, 4.69) is 65.2 Å². The van der Waals surface area contributed by atoms with Crippen LogP contribution in [0.1, 0.15) is 71.2 Å². The molecule has 6 rings (SSSR count). The van der Waals surface area contributed by atoms with E-state index in [1.807, 2.05) is 31.2 Å². The zero-order valence-electron chi connectivity index (χ0n) is 18.5.